The van der Waals surface area contributed by atoms with Crippen LogP contribution in [0.3, 0.4) is 0 Å². The second-order valence-electron chi connectivity index (χ2n) is 10.6. The molecule has 4 rings (SSSR count). The molecule has 1 atom stereocenters. The van der Waals surface area contributed by atoms with Gasteiger partial charge in [-0.15, -0.1) is 0 Å². The van der Waals surface area contributed by atoms with Crippen molar-refractivity contribution >= 4 is 17.2 Å². The third-order valence-electron chi connectivity index (χ3n) is 7.53. The molecule has 0 amide bonds. The van der Waals surface area contributed by atoms with Gasteiger partial charge in [0.05, 0.1) is 11.6 Å². The van der Waals surface area contributed by atoms with Crippen molar-refractivity contribution in [2.45, 2.75) is 60.4 Å². The molecule has 3 heteroatoms. The molecule has 0 saturated heterocycles. The van der Waals surface area contributed by atoms with Crippen LogP contribution in [-0.2, 0) is 6.42 Å². The monoisotopic (exact) mass is 545 g/mol. The van der Waals surface area contributed by atoms with Gasteiger partial charge in [-0.25, -0.2) is 4.79 Å². The number of nitrogens with one attached hydrogen (secondary N) is 1. The molecule has 3 nitrogen and oxygen atoms in total. The Hall–Kier alpha value is -4.37. The molecule has 0 aromatic heterocycles. The molecule has 0 radical (unpaired) electrons. The molecule has 41 heavy (non-hydrogen) atoms. The van der Waals surface area contributed by atoms with Gasteiger partial charge in [-0.2, -0.15) is 0 Å². The van der Waals surface area contributed by atoms with E-state index in [1.165, 1.54) is 33.4 Å². The van der Waals surface area contributed by atoms with Gasteiger partial charge in [0.2, 0.25) is 0 Å². The minimum Gasteiger partial charge on any atom is -0.478 e. The number of aryl methyl sites for hydroxylation is 2. The third-order valence-corrected chi connectivity index (χ3v) is 7.53. The lowest BCUT2D eigenvalue weighted by Crippen LogP contribution is -2.18. The molecule has 0 spiro atoms. The van der Waals surface area contributed by atoms with Crippen molar-refractivity contribution in [1.29, 1.82) is 0 Å². The number of hydrogen-bond donors (Lipinski definition) is 2. The number of hydrogen-bond acceptors (Lipinski definition) is 2. The Kier molecular flexibility index (Phi) is 11.3. The molecule has 0 saturated carbocycles. The summed E-state index contributed by atoms with van der Waals surface area (Å²) in [5.74, 6) is -0.889. The van der Waals surface area contributed by atoms with Crippen LogP contribution in [0.25, 0.3) is 22.4 Å². The standard InChI is InChI=1S/C23H29N.C15H14O2/c1-7-23(20-11-9-8-10-12-20)24-19(6)21-14-13-17(4)22(15-21)18(5)16(2)3;1-2-11-7-9-12(10-8-11)13-5-3-4-6-14(13)15(16)17/h8-15,23-24H,6-7H2,1-5H3;3-10H,2H2,1H3,(H,16,17)/t23-;/m0./s1. The Labute approximate surface area is 246 Å². The molecule has 2 N–H and O–H groups in total. The highest BCUT2D eigenvalue weighted by Gasteiger charge is 2.12. The molecule has 0 bridgehead atoms. The normalized spacial score (nSPS) is 11.1. The number of carbonyl (C=O) groups is 1. The summed E-state index contributed by atoms with van der Waals surface area (Å²) in [6.07, 6.45) is 2.01. The Bertz CT molecular complexity index is 1490. The summed E-state index contributed by atoms with van der Waals surface area (Å²) in [5.41, 5.74) is 12.1. The van der Waals surface area contributed by atoms with Crippen molar-refractivity contribution in [2.24, 2.45) is 0 Å². The zero-order chi connectivity index (χ0) is 29.9. The van der Waals surface area contributed by atoms with Crippen molar-refractivity contribution < 1.29 is 9.90 Å². The first-order valence-electron chi connectivity index (χ1n) is 14.3. The van der Waals surface area contributed by atoms with Crippen LogP contribution in [0.4, 0.5) is 0 Å². The van der Waals surface area contributed by atoms with Crippen molar-refractivity contribution in [1.82, 2.24) is 5.32 Å². The number of carboxylic acid groups (broad SMARTS) is 1. The predicted molar refractivity (Wildman–Crippen MR) is 175 cm³/mol. The highest BCUT2D eigenvalue weighted by atomic mass is 16.4. The van der Waals surface area contributed by atoms with E-state index in [2.05, 4.69) is 102 Å². The lowest BCUT2D eigenvalue weighted by Gasteiger charge is -2.21. The largest absolute Gasteiger partial charge is 0.478 e. The Morgan fingerprint density at radius 1 is 0.829 bits per heavy atom. The zero-order valence-electron chi connectivity index (χ0n) is 25.3. The van der Waals surface area contributed by atoms with E-state index >= 15 is 0 Å². The maximum atomic E-state index is 11.1. The van der Waals surface area contributed by atoms with Gasteiger partial charge in [-0.3, -0.25) is 0 Å². The third kappa shape index (κ3) is 8.31. The average molecular weight is 546 g/mol. The van der Waals surface area contributed by atoms with E-state index in [0.29, 0.717) is 5.56 Å². The SMILES string of the molecule is C=C(N[C@@H](CC)c1ccccc1)c1ccc(C)c(C(C)=C(C)C)c1.CCc1ccc(-c2ccccc2C(=O)O)cc1. The fraction of sp³-hybridized carbons (Fsp3) is 0.237. The van der Waals surface area contributed by atoms with E-state index in [1.807, 2.05) is 36.4 Å². The van der Waals surface area contributed by atoms with Gasteiger partial charge in [0.1, 0.15) is 0 Å². The zero-order valence-corrected chi connectivity index (χ0v) is 25.3. The van der Waals surface area contributed by atoms with Gasteiger partial charge in [0.25, 0.3) is 0 Å². The molecular formula is C38H43NO2. The van der Waals surface area contributed by atoms with Gasteiger partial charge >= 0.3 is 5.97 Å². The molecule has 212 valence electrons. The minimum absolute atomic E-state index is 0.285. The summed E-state index contributed by atoms with van der Waals surface area (Å²) in [6, 6.07) is 32.5. The summed E-state index contributed by atoms with van der Waals surface area (Å²) in [5, 5.41) is 12.7. The average Bonchev–Trinajstić information content (AvgIpc) is 3.00. The lowest BCUT2D eigenvalue weighted by atomic mass is 9.95. The summed E-state index contributed by atoms with van der Waals surface area (Å²) in [4.78, 5) is 11.1. The topological polar surface area (TPSA) is 49.3 Å². The first-order valence-corrected chi connectivity index (χ1v) is 14.3. The van der Waals surface area contributed by atoms with Gasteiger partial charge < -0.3 is 10.4 Å². The molecule has 0 aliphatic carbocycles. The van der Waals surface area contributed by atoms with Crippen LogP contribution in [0.15, 0.2) is 109 Å². The summed E-state index contributed by atoms with van der Waals surface area (Å²) < 4.78 is 0. The number of allylic oxidation sites excluding steroid dienone is 2. The van der Waals surface area contributed by atoms with Crippen molar-refractivity contribution in [3.63, 3.8) is 0 Å². The van der Waals surface area contributed by atoms with Gasteiger partial charge in [-0.1, -0.05) is 111 Å². The molecule has 0 heterocycles. The van der Waals surface area contributed by atoms with E-state index in [-0.39, 0.29) is 6.04 Å². The fourth-order valence-corrected chi connectivity index (χ4v) is 4.72. The number of carboxylic acids is 1. The summed E-state index contributed by atoms with van der Waals surface area (Å²) in [7, 11) is 0. The quantitative estimate of drug-likeness (QED) is 0.220. The summed E-state index contributed by atoms with van der Waals surface area (Å²) in [6.45, 7) is 17.3. The Morgan fingerprint density at radius 2 is 1.46 bits per heavy atom. The van der Waals surface area contributed by atoms with E-state index in [1.54, 1.807) is 12.1 Å². The maximum absolute atomic E-state index is 11.1. The first kappa shape index (κ1) is 31.2. The smallest absolute Gasteiger partial charge is 0.336 e. The fourth-order valence-electron chi connectivity index (χ4n) is 4.72. The number of rotatable bonds is 9. The molecule has 4 aromatic rings. The minimum atomic E-state index is -0.889. The predicted octanol–water partition coefficient (Wildman–Crippen LogP) is 10.1. The van der Waals surface area contributed by atoms with Crippen LogP contribution < -0.4 is 5.32 Å². The molecule has 4 aromatic carbocycles. The van der Waals surface area contributed by atoms with Crippen molar-refractivity contribution in [2.75, 3.05) is 0 Å². The Balaban J connectivity index is 0.000000239. The van der Waals surface area contributed by atoms with Crippen LogP contribution in [0, 0.1) is 6.92 Å². The number of aromatic carboxylic acids is 1. The van der Waals surface area contributed by atoms with Gasteiger partial charge in [0, 0.05) is 5.70 Å². The van der Waals surface area contributed by atoms with E-state index in [0.717, 1.165) is 35.2 Å². The van der Waals surface area contributed by atoms with E-state index in [4.69, 9.17) is 5.11 Å². The highest BCUT2D eigenvalue weighted by molar-refractivity contribution is 5.96. The molecule has 0 fully saturated rings. The summed E-state index contributed by atoms with van der Waals surface area (Å²) >= 11 is 0. The first-order chi connectivity index (χ1) is 19.7. The second-order valence-corrected chi connectivity index (χ2v) is 10.6. The van der Waals surface area contributed by atoms with Crippen molar-refractivity contribution in [3.8, 4) is 11.1 Å². The molecule has 0 unspecified atom stereocenters. The molecular weight excluding hydrogens is 502 g/mol. The van der Waals surface area contributed by atoms with E-state index in [9.17, 15) is 4.79 Å². The second kappa shape index (κ2) is 14.9. The lowest BCUT2D eigenvalue weighted by molar-refractivity contribution is 0.0697. The number of benzene rings is 4. The van der Waals surface area contributed by atoms with Crippen LogP contribution in [0.2, 0.25) is 0 Å². The molecule has 0 aliphatic rings. The van der Waals surface area contributed by atoms with Crippen LogP contribution in [0.5, 0.6) is 0 Å². The van der Waals surface area contributed by atoms with Crippen LogP contribution in [0.1, 0.15) is 85.3 Å². The van der Waals surface area contributed by atoms with Crippen LogP contribution in [-0.4, -0.2) is 11.1 Å². The highest BCUT2D eigenvalue weighted by Crippen LogP contribution is 2.27. The van der Waals surface area contributed by atoms with Gasteiger partial charge in [-0.05, 0) is 97.2 Å². The Morgan fingerprint density at radius 3 is 2.05 bits per heavy atom. The molecule has 0 aliphatic heterocycles. The van der Waals surface area contributed by atoms with Crippen molar-refractivity contribution in [3.05, 3.63) is 143 Å². The van der Waals surface area contributed by atoms with Crippen LogP contribution >= 0.6 is 0 Å². The van der Waals surface area contributed by atoms with Gasteiger partial charge in [0.15, 0.2) is 0 Å². The maximum Gasteiger partial charge on any atom is 0.336 e. The van der Waals surface area contributed by atoms with E-state index < -0.39 is 5.97 Å².